The van der Waals surface area contributed by atoms with E-state index in [-0.39, 0.29) is 17.0 Å². The SMILES string of the molecule is Cn1c(NN=Cc2ccc(F)cc2)nc2c1c(=O)[nH]c(=O)n2C. The van der Waals surface area contributed by atoms with Crippen LogP contribution < -0.4 is 16.7 Å². The molecule has 0 aliphatic carbocycles. The highest BCUT2D eigenvalue weighted by Gasteiger charge is 2.14. The van der Waals surface area contributed by atoms with Crippen LogP contribution in [0.3, 0.4) is 0 Å². The molecule has 3 aromatic rings. The molecule has 0 saturated heterocycles. The van der Waals surface area contributed by atoms with Gasteiger partial charge in [-0.2, -0.15) is 10.1 Å². The van der Waals surface area contributed by atoms with Gasteiger partial charge in [0.2, 0.25) is 5.95 Å². The topological polar surface area (TPSA) is 97.1 Å². The largest absolute Gasteiger partial charge is 0.329 e. The Labute approximate surface area is 128 Å². The van der Waals surface area contributed by atoms with Crippen molar-refractivity contribution in [2.75, 3.05) is 5.43 Å². The number of aryl methyl sites for hydroxylation is 2. The molecule has 0 saturated carbocycles. The zero-order valence-corrected chi connectivity index (χ0v) is 12.4. The van der Waals surface area contributed by atoms with E-state index in [1.807, 2.05) is 0 Å². The van der Waals surface area contributed by atoms with E-state index < -0.39 is 11.2 Å². The number of rotatable bonds is 3. The lowest BCUT2D eigenvalue weighted by atomic mass is 10.2. The third kappa shape index (κ3) is 2.63. The predicted molar refractivity (Wildman–Crippen MR) is 84.2 cm³/mol. The maximum atomic E-state index is 12.8. The molecule has 0 aliphatic heterocycles. The summed E-state index contributed by atoms with van der Waals surface area (Å²) in [5, 5.41) is 4.00. The molecule has 118 valence electrons. The molecule has 0 aliphatic rings. The number of nitrogens with zero attached hydrogens (tertiary/aromatic N) is 4. The molecule has 3 rings (SSSR count). The minimum Gasteiger partial charge on any atom is -0.306 e. The monoisotopic (exact) mass is 316 g/mol. The number of nitrogens with one attached hydrogen (secondary N) is 2. The molecule has 8 nitrogen and oxygen atoms in total. The van der Waals surface area contributed by atoms with Gasteiger partial charge < -0.3 is 4.57 Å². The Hall–Kier alpha value is -3.23. The van der Waals surface area contributed by atoms with Crippen molar-refractivity contribution in [2.45, 2.75) is 0 Å². The van der Waals surface area contributed by atoms with E-state index >= 15 is 0 Å². The molecular weight excluding hydrogens is 303 g/mol. The van der Waals surface area contributed by atoms with Crippen LogP contribution in [0, 0.1) is 5.82 Å². The van der Waals surface area contributed by atoms with E-state index in [0.29, 0.717) is 11.5 Å². The van der Waals surface area contributed by atoms with Crippen LogP contribution in [0.15, 0.2) is 39.0 Å². The molecule has 0 fully saturated rings. The quantitative estimate of drug-likeness (QED) is 0.544. The van der Waals surface area contributed by atoms with Gasteiger partial charge in [0.05, 0.1) is 6.21 Å². The van der Waals surface area contributed by atoms with Gasteiger partial charge in [-0.1, -0.05) is 12.1 Å². The first-order chi connectivity index (χ1) is 11.0. The first-order valence-corrected chi connectivity index (χ1v) is 6.68. The van der Waals surface area contributed by atoms with Crippen LogP contribution in [0.4, 0.5) is 10.3 Å². The molecule has 0 bridgehead atoms. The predicted octanol–water partition coefficient (Wildman–Crippen LogP) is 0.545. The van der Waals surface area contributed by atoms with Gasteiger partial charge in [-0.3, -0.25) is 14.3 Å². The number of hydrogen-bond acceptors (Lipinski definition) is 5. The van der Waals surface area contributed by atoms with E-state index in [9.17, 15) is 14.0 Å². The molecule has 0 unspecified atom stereocenters. The van der Waals surface area contributed by atoms with Crippen molar-refractivity contribution in [3.05, 3.63) is 56.5 Å². The number of imidazole rings is 1. The Morgan fingerprint density at radius 3 is 2.61 bits per heavy atom. The Balaban J connectivity index is 1.95. The number of hydrogen-bond donors (Lipinski definition) is 2. The summed E-state index contributed by atoms with van der Waals surface area (Å²) in [6.07, 6.45) is 1.49. The highest BCUT2D eigenvalue weighted by Crippen LogP contribution is 2.12. The van der Waals surface area contributed by atoms with Gasteiger partial charge >= 0.3 is 5.69 Å². The Kier molecular flexibility index (Phi) is 3.53. The van der Waals surface area contributed by atoms with Crippen LogP contribution in [0.5, 0.6) is 0 Å². The van der Waals surface area contributed by atoms with Gasteiger partial charge in [-0.25, -0.2) is 14.6 Å². The van der Waals surface area contributed by atoms with Gasteiger partial charge in [-0.15, -0.1) is 0 Å². The van der Waals surface area contributed by atoms with Crippen molar-refractivity contribution in [1.82, 2.24) is 19.1 Å². The second-order valence-electron chi connectivity index (χ2n) is 4.91. The molecule has 0 atom stereocenters. The normalized spacial score (nSPS) is 11.4. The highest BCUT2D eigenvalue weighted by molar-refractivity contribution is 5.80. The fourth-order valence-electron chi connectivity index (χ4n) is 2.12. The molecule has 2 heterocycles. The third-order valence-electron chi connectivity index (χ3n) is 3.38. The van der Waals surface area contributed by atoms with Gasteiger partial charge in [0, 0.05) is 14.1 Å². The lowest BCUT2D eigenvalue weighted by molar-refractivity contribution is 0.628. The summed E-state index contributed by atoms with van der Waals surface area (Å²) in [7, 11) is 3.14. The van der Waals surface area contributed by atoms with Crippen molar-refractivity contribution in [3.8, 4) is 0 Å². The number of benzene rings is 1. The summed E-state index contributed by atoms with van der Waals surface area (Å²) in [6.45, 7) is 0. The fourth-order valence-corrected chi connectivity index (χ4v) is 2.12. The minimum absolute atomic E-state index is 0.251. The Morgan fingerprint density at radius 1 is 1.22 bits per heavy atom. The lowest BCUT2D eigenvalue weighted by Gasteiger charge is -2.00. The van der Waals surface area contributed by atoms with Gasteiger partial charge in [0.1, 0.15) is 5.82 Å². The van der Waals surface area contributed by atoms with E-state index in [4.69, 9.17) is 0 Å². The van der Waals surface area contributed by atoms with E-state index in [1.54, 1.807) is 19.2 Å². The minimum atomic E-state index is -0.540. The average molecular weight is 316 g/mol. The zero-order chi connectivity index (χ0) is 16.6. The van der Waals surface area contributed by atoms with E-state index in [0.717, 1.165) is 0 Å². The van der Waals surface area contributed by atoms with Crippen LogP contribution >= 0.6 is 0 Å². The second-order valence-corrected chi connectivity index (χ2v) is 4.91. The van der Waals surface area contributed by atoms with Crippen molar-refractivity contribution < 1.29 is 4.39 Å². The Morgan fingerprint density at radius 2 is 1.91 bits per heavy atom. The summed E-state index contributed by atoms with van der Waals surface area (Å²) in [4.78, 5) is 29.9. The summed E-state index contributed by atoms with van der Waals surface area (Å²) in [5.74, 6) is -0.0318. The van der Waals surface area contributed by atoms with Crippen LogP contribution in [-0.4, -0.2) is 25.3 Å². The number of fused-ring (bicyclic) bond motifs is 1. The first-order valence-electron chi connectivity index (χ1n) is 6.68. The average Bonchev–Trinajstić information content (AvgIpc) is 2.85. The number of H-pyrrole nitrogens is 1. The molecule has 2 N–H and O–H groups in total. The third-order valence-corrected chi connectivity index (χ3v) is 3.38. The first kappa shape index (κ1) is 14.7. The lowest BCUT2D eigenvalue weighted by Crippen LogP contribution is -2.29. The fraction of sp³-hybridized carbons (Fsp3) is 0.143. The molecular formula is C14H13FN6O2. The van der Waals surface area contributed by atoms with Crippen LogP contribution in [0.1, 0.15) is 5.56 Å². The van der Waals surface area contributed by atoms with Gasteiger partial charge in [0.15, 0.2) is 11.2 Å². The summed E-state index contributed by atoms with van der Waals surface area (Å²) in [6, 6.07) is 5.80. The number of aromatic nitrogens is 4. The van der Waals surface area contributed by atoms with Crippen molar-refractivity contribution in [1.29, 1.82) is 0 Å². The molecule has 0 spiro atoms. The summed E-state index contributed by atoms with van der Waals surface area (Å²) < 4.78 is 15.6. The molecule has 2 aromatic heterocycles. The van der Waals surface area contributed by atoms with Crippen molar-refractivity contribution in [3.63, 3.8) is 0 Å². The number of aromatic amines is 1. The standard InChI is InChI=1S/C14H13FN6O2/c1-20-10-11(21(2)14(23)18-12(10)22)17-13(20)19-16-7-8-3-5-9(15)6-4-8/h3-7H,1-2H3,(H,17,19)(H,18,22,23). The molecule has 0 radical (unpaired) electrons. The second kappa shape index (κ2) is 5.52. The van der Waals surface area contributed by atoms with Crippen LogP contribution in [0.25, 0.3) is 11.2 Å². The summed E-state index contributed by atoms with van der Waals surface area (Å²) >= 11 is 0. The van der Waals surface area contributed by atoms with Crippen LogP contribution in [0.2, 0.25) is 0 Å². The maximum Gasteiger partial charge on any atom is 0.329 e. The molecule has 23 heavy (non-hydrogen) atoms. The smallest absolute Gasteiger partial charge is 0.306 e. The number of hydrazone groups is 1. The molecule has 0 amide bonds. The van der Waals surface area contributed by atoms with Gasteiger partial charge in [-0.05, 0) is 17.7 Å². The number of halogens is 1. The summed E-state index contributed by atoms with van der Waals surface area (Å²) in [5.41, 5.74) is 2.84. The van der Waals surface area contributed by atoms with Gasteiger partial charge in [0.25, 0.3) is 5.56 Å². The Bertz CT molecular complexity index is 1010. The van der Waals surface area contributed by atoms with Crippen molar-refractivity contribution >= 4 is 23.3 Å². The molecule has 9 heteroatoms. The number of anilines is 1. The highest BCUT2D eigenvalue weighted by atomic mass is 19.1. The van der Waals surface area contributed by atoms with Crippen LogP contribution in [-0.2, 0) is 14.1 Å². The zero-order valence-electron chi connectivity index (χ0n) is 12.4. The molecule has 1 aromatic carbocycles. The maximum absolute atomic E-state index is 12.8. The van der Waals surface area contributed by atoms with Crippen molar-refractivity contribution in [2.24, 2.45) is 19.2 Å². The van der Waals surface area contributed by atoms with E-state index in [2.05, 4.69) is 20.5 Å². The van der Waals surface area contributed by atoms with E-state index in [1.165, 1.54) is 34.5 Å².